The number of carbonyl (C=O) groups excluding carboxylic acids is 3. The van der Waals surface area contributed by atoms with Crippen LogP contribution < -0.4 is 36.0 Å². The number of piperazine rings is 2. The Hall–Kier alpha value is -7.54. The fourth-order valence-electron chi connectivity index (χ4n) is 16.7. The lowest BCUT2D eigenvalue weighted by molar-refractivity contribution is -0.219. The number of carboxylic acid groups (broad SMARTS) is 1. The Morgan fingerprint density at radius 3 is 1.75 bits per heavy atom. The maximum absolute atomic E-state index is 17.8. The molecule has 4 unspecified atom stereocenters. The number of methoxy groups -OCH3 is 2. The summed E-state index contributed by atoms with van der Waals surface area (Å²) in [5.41, 5.74) is -8.09. The first kappa shape index (κ1) is 60.4. The zero-order valence-electron chi connectivity index (χ0n) is 50.7. The molecule has 7 fully saturated rings. The number of ether oxygens (including phenoxy) is 3. The summed E-state index contributed by atoms with van der Waals surface area (Å²) in [4.78, 5) is 101. The van der Waals surface area contributed by atoms with Gasteiger partial charge in [0.05, 0.1) is 55.2 Å². The number of aromatic carboxylic acids is 1. The lowest BCUT2D eigenvalue weighted by Crippen LogP contribution is -2.69. The van der Waals surface area contributed by atoms with Crippen molar-refractivity contribution in [2.45, 2.75) is 141 Å². The maximum Gasteiger partial charge on any atom is 0.519 e. The van der Waals surface area contributed by atoms with Crippen LogP contribution in [0.4, 0.5) is 24.5 Å². The fourth-order valence-corrected chi connectivity index (χ4v) is 16.7. The van der Waals surface area contributed by atoms with Gasteiger partial charge in [0.15, 0.2) is 52.7 Å². The van der Waals surface area contributed by atoms with Crippen LogP contribution in [0.5, 0.6) is 11.5 Å². The van der Waals surface area contributed by atoms with Gasteiger partial charge in [-0.15, -0.1) is 0 Å². The van der Waals surface area contributed by atoms with E-state index in [1.807, 2.05) is 23.6 Å². The largest absolute Gasteiger partial charge is 0.519 e. The molecule has 5 aromatic rings. The molecular formula is C65H73F3N6O15. The Balaban J connectivity index is 0.690. The lowest BCUT2D eigenvalue weighted by Gasteiger charge is -2.62. The van der Waals surface area contributed by atoms with Crippen LogP contribution in [-0.2, 0) is 27.4 Å². The van der Waals surface area contributed by atoms with E-state index in [0.717, 1.165) is 25.0 Å². The van der Waals surface area contributed by atoms with Gasteiger partial charge >= 0.3 is 17.8 Å². The quantitative estimate of drug-likeness (QED) is 0.0890. The number of Topliss-reactive ketones (excluding diaryl/α,β-unsaturated/α-hetero) is 1. The van der Waals surface area contributed by atoms with E-state index in [1.165, 1.54) is 44.8 Å². The highest BCUT2D eigenvalue weighted by Gasteiger charge is 2.75. The molecule has 3 aromatic heterocycles. The van der Waals surface area contributed by atoms with Gasteiger partial charge in [0, 0.05) is 92.6 Å². The van der Waals surface area contributed by atoms with Crippen LogP contribution in [0, 0.1) is 40.2 Å². The average molecular weight is 1240 g/mol. The molecule has 21 nitrogen and oxygen atoms in total. The van der Waals surface area contributed by atoms with Crippen molar-refractivity contribution in [2.24, 2.45) is 28.6 Å². The molecule has 0 bridgehead atoms. The molecule has 8 aliphatic rings. The predicted octanol–water partition coefficient (Wildman–Crippen LogP) is 7.02. The molecule has 13 rings (SSSR count). The number of allylic oxidation sites excluding steroid dienone is 4. The van der Waals surface area contributed by atoms with Gasteiger partial charge in [-0.2, -0.15) is 0 Å². The van der Waals surface area contributed by atoms with Gasteiger partial charge in [-0.3, -0.25) is 29.0 Å². The van der Waals surface area contributed by atoms with E-state index in [0.29, 0.717) is 68.1 Å². The minimum atomic E-state index is -2.19. The highest BCUT2D eigenvalue weighted by molar-refractivity contribution is 6.02. The van der Waals surface area contributed by atoms with E-state index in [9.17, 15) is 48.9 Å². The number of hydrogen-bond acceptors (Lipinski definition) is 18. The first-order chi connectivity index (χ1) is 42.3. The summed E-state index contributed by atoms with van der Waals surface area (Å²) in [6.07, 6.45) is 8.86. The summed E-state index contributed by atoms with van der Waals surface area (Å²) in [6.45, 7) is 10.3. The van der Waals surface area contributed by atoms with Crippen LogP contribution in [0.3, 0.4) is 0 Å². The Morgan fingerprint density at radius 1 is 0.742 bits per heavy atom. The zero-order valence-corrected chi connectivity index (χ0v) is 50.7. The van der Waals surface area contributed by atoms with Crippen molar-refractivity contribution < 1.29 is 70.7 Å². The van der Waals surface area contributed by atoms with Crippen LogP contribution in [0.25, 0.3) is 21.8 Å². The molecule has 0 spiro atoms. The predicted molar refractivity (Wildman–Crippen MR) is 317 cm³/mol. The monoisotopic (exact) mass is 1230 g/mol. The van der Waals surface area contributed by atoms with Crippen molar-refractivity contribution >= 4 is 56.7 Å². The molecule has 3 N–H and O–H groups in total. The number of rotatable bonds is 15. The number of carbonyl (C=O) groups is 4. The molecule has 10 atom stereocenters. The van der Waals surface area contributed by atoms with E-state index < -0.39 is 110 Å². The number of aliphatic hydroxyl groups excluding tert-OH is 1. The number of aliphatic hydroxyl groups is 2. The van der Waals surface area contributed by atoms with E-state index in [4.69, 9.17) is 23.0 Å². The van der Waals surface area contributed by atoms with Crippen molar-refractivity contribution in [1.29, 1.82) is 0 Å². The number of nitrogens with zero attached hydrogens (tertiary/aromatic N) is 6. The number of aromatic nitrogens is 2. The summed E-state index contributed by atoms with van der Waals surface area (Å²) in [5, 5.41) is 34.0. The first-order valence-corrected chi connectivity index (χ1v) is 30.7. The van der Waals surface area contributed by atoms with Gasteiger partial charge in [0.25, 0.3) is 0 Å². The Labute approximate surface area is 508 Å². The summed E-state index contributed by atoms with van der Waals surface area (Å²) in [5.74, 6) is -7.32. The highest BCUT2D eigenvalue weighted by atomic mass is 19.1. The van der Waals surface area contributed by atoms with E-state index in [-0.39, 0.29) is 115 Å². The molecule has 89 heavy (non-hydrogen) atoms. The number of pyridine rings is 2. The second-order valence-corrected chi connectivity index (χ2v) is 26.6. The molecule has 24 heteroatoms. The van der Waals surface area contributed by atoms with Crippen molar-refractivity contribution in [3.05, 3.63) is 114 Å². The van der Waals surface area contributed by atoms with Gasteiger partial charge in [0.2, 0.25) is 16.6 Å². The first-order valence-electron chi connectivity index (χ1n) is 30.7. The van der Waals surface area contributed by atoms with Crippen molar-refractivity contribution in [3.8, 4) is 11.5 Å². The van der Waals surface area contributed by atoms with Gasteiger partial charge in [-0.1, -0.05) is 25.5 Å². The van der Waals surface area contributed by atoms with Gasteiger partial charge in [-0.25, -0.2) is 27.6 Å². The number of benzene rings is 2. The minimum absolute atomic E-state index is 0.0644. The summed E-state index contributed by atoms with van der Waals surface area (Å²) in [6, 6.07) is 1.41. The third kappa shape index (κ3) is 9.25. The van der Waals surface area contributed by atoms with Crippen LogP contribution in [0.15, 0.2) is 71.5 Å². The smallest absolute Gasteiger partial charge is 0.492 e. The molecule has 6 aliphatic carbocycles. The van der Waals surface area contributed by atoms with Crippen molar-refractivity contribution in [2.75, 3.05) is 69.9 Å². The van der Waals surface area contributed by atoms with E-state index in [2.05, 4.69) is 9.80 Å². The molecule has 2 saturated heterocycles. The number of ketones is 2. The Kier molecular flexibility index (Phi) is 14.6. The van der Waals surface area contributed by atoms with Crippen LogP contribution in [-0.4, -0.2) is 147 Å². The van der Waals surface area contributed by atoms with Crippen LogP contribution in [0.1, 0.15) is 130 Å². The number of esters is 1. The van der Waals surface area contributed by atoms with Gasteiger partial charge in [-0.05, 0) is 108 Å². The topological polar surface area (TPSA) is 257 Å². The number of carboxylic acids is 1. The number of hydrogen-bond donors (Lipinski definition) is 3. The average Bonchev–Trinajstić information content (AvgIpc) is 1.64. The van der Waals surface area contributed by atoms with Crippen LogP contribution in [0.2, 0.25) is 0 Å². The Bertz CT molecular complexity index is 4090. The van der Waals surface area contributed by atoms with Crippen molar-refractivity contribution in [3.63, 3.8) is 0 Å². The van der Waals surface area contributed by atoms with Crippen LogP contribution >= 0.6 is 0 Å². The van der Waals surface area contributed by atoms with Gasteiger partial charge < -0.3 is 57.3 Å². The molecule has 2 aliphatic heterocycles. The molecular weight excluding hydrogens is 1160 g/mol. The summed E-state index contributed by atoms with van der Waals surface area (Å²) >= 11 is 0. The maximum atomic E-state index is 17.8. The van der Waals surface area contributed by atoms with E-state index >= 15 is 13.2 Å². The zero-order chi connectivity index (χ0) is 63.3. The molecule has 5 saturated carbocycles. The third-order valence-corrected chi connectivity index (χ3v) is 21.7. The molecule has 5 heterocycles. The number of anilines is 2. The standard InChI is InChI=1S/C65H73F3N6O15/c1-32-20-44-43-13-8-35-21-38(75)14-15-62(35,4)64(43,68)49(76)24-63(44,5)65(32,84)50(77)31-87-60(82)42-28-74(37-11-12-37)52-40(56(42)79)23-46(67)54(58(52)86-7)72-19-17-70(34(3)26-72)30-48-47(88-61(83)89-48)29-69-16-18-71(25-33(69)2)53-45(66)22-39-51(57(53)85-6)73(36-9-10-36)27-41(55(39)78)59(80)81/h14-15,21-23,27-28,32-34,36-37,43-44,49,76,84H,8-13,16-20,24-26,29-31H2,1-7H3,(H,80,81)/t32-,33?,34?,43?,44?,49-,62-,63-,64-,65-/m0/s1. The normalized spacial score (nSPS) is 30.5. The van der Waals surface area contributed by atoms with Gasteiger partial charge in [0.1, 0.15) is 28.1 Å². The highest BCUT2D eigenvalue weighted by Crippen LogP contribution is 2.71. The summed E-state index contributed by atoms with van der Waals surface area (Å²) < 4.78 is 83.1. The lowest BCUT2D eigenvalue weighted by atomic mass is 9.44. The second-order valence-electron chi connectivity index (χ2n) is 26.6. The Morgan fingerprint density at radius 2 is 1.26 bits per heavy atom. The molecule has 474 valence electrons. The van der Waals surface area contributed by atoms with Crippen molar-refractivity contribution in [1.82, 2.24) is 18.9 Å². The molecule has 0 amide bonds. The second kappa shape index (κ2) is 21.6. The minimum Gasteiger partial charge on any atom is -0.492 e. The number of halogens is 3. The number of fused-ring (bicyclic) bond motifs is 7. The SMILES string of the molecule is COc1c(N2CCN(Cc3oc(=O)oc3CN3CCN(c4c(F)cc5c(=O)c(C(=O)OCC(=O)[C@@]6(O)[C@@H](C)CC7C8CCC9=CC(=O)C=C[C@]9(C)[C@@]8(F)[C@@H](O)C[C@@]76C)cn(C6CC6)c5c4OC)CC3C)C(C)C2)c(F)cc2c(=O)c(C(=O)O)cn(C3CC3)c12. The summed E-state index contributed by atoms with van der Waals surface area (Å²) in [7, 11) is 2.77. The number of alkyl halides is 1. The fraction of sp³-hybridized carbons (Fsp3) is 0.554. The third-order valence-electron chi connectivity index (χ3n) is 21.7. The molecule has 2 aromatic carbocycles. The molecule has 0 radical (unpaired) electrons. The van der Waals surface area contributed by atoms with E-state index in [1.54, 1.807) is 29.9 Å².